The van der Waals surface area contributed by atoms with Crippen molar-refractivity contribution in [3.05, 3.63) is 23.2 Å². The number of hydrogen-bond acceptors (Lipinski definition) is 1. The highest BCUT2D eigenvalue weighted by Crippen LogP contribution is 2.24. The molecule has 0 amide bonds. The van der Waals surface area contributed by atoms with E-state index in [2.05, 4.69) is 26.8 Å². The molecule has 0 fully saturated rings. The molecule has 0 N–H and O–H groups in total. The Kier molecular flexibility index (Phi) is 2.96. The molecule has 0 spiro atoms. The molecule has 1 aromatic rings. The van der Waals surface area contributed by atoms with E-state index in [1.165, 1.54) is 18.4 Å². The van der Waals surface area contributed by atoms with E-state index in [9.17, 15) is 0 Å². The quantitative estimate of drug-likeness (QED) is 0.665. The smallest absolute Gasteiger partial charge is 0.107 e. The zero-order chi connectivity index (χ0) is 9.14. The summed E-state index contributed by atoms with van der Waals surface area (Å²) >= 11 is 0. The predicted molar refractivity (Wildman–Crippen MR) is 51.5 cm³/mol. The Hall–Kier alpha value is -0.720. The van der Waals surface area contributed by atoms with Gasteiger partial charge in [0.1, 0.15) is 11.5 Å². The Balaban J connectivity index is 2.74. The summed E-state index contributed by atoms with van der Waals surface area (Å²) in [5.74, 6) is 2.78. The minimum absolute atomic E-state index is 0.572. The third-order valence-corrected chi connectivity index (χ3v) is 2.39. The second-order valence-electron chi connectivity index (χ2n) is 3.58. The topological polar surface area (TPSA) is 13.1 Å². The molecule has 1 atom stereocenters. The van der Waals surface area contributed by atoms with Gasteiger partial charge in [-0.15, -0.1) is 0 Å². The average molecular weight is 166 g/mol. The molecular formula is C11H18O. The van der Waals surface area contributed by atoms with Gasteiger partial charge < -0.3 is 4.42 Å². The SMILES string of the molecule is CCCC(C)c1cc(C)c(C)o1. The molecule has 0 saturated carbocycles. The molecule has 0 aliphatic carbocycles. The van der Waals surface area contributed by atoms with Gasteiger partial charge in [-0.25, -0.2) is 0 Å². The van der Waals surface area contributed by atoms with Crippen molar-refractivity contribution in [1.29, 1.82) is 0 Å². The summed E-state index contributed by atoms with van der Waals surface area (Å²) in [6, 6.07) is 2.16. The molecule has 0 saturated heterocycles. The number of furan rings is 1. The standard InChI is InChI=1S/C11H18O/c1-5-6-8(2)11-7-9(3)10(4)12-11/h7-8H,5-6H2,1-4H3. The van der Waals surface area contributed by atoms with Crippen molar-refractivity contribution < 1.29 is 4.42 Å². The summed E-state index contributed by atoms with van der Waals surface area (Å²) in [7, 11) is 0. The lowest BCUT2D eigenvalue weighted by Crippen LogP contribution is -1.89. The average Bonchev–Trinajstić information content (AvgIpc) is 2.33. The van der Waals surface area contributed by atoms with E-state index in [1.54, 1.807) is 0 Å². The summed E-state index contributed by atoms with van der Waals surface area (Å²) in [5.41, 5.74) is 1.27. The lowest BCUT2D eigenvalue weighted by atomic mass is 10.0. The van der Waals surface area contributed by atoms with E-state index in [0.717, 1.165) is 11.5 Å². The first-order chi connectivity index (χ1) is 5.65. The van der Waals surface area contributed by atoms with E-state index in [1.807, 2.05) is 6.92 Å². The third kappa shape index (κ3) is 1.90. The first-order valence-corrected chi connectivity index (χ1v) is 4.72. The van der Waals surface area contributed by atoms with Gasteiger partial charge in [0.25, 0.3) is 0 Å². The monoisotopic (exact) mass is 166 g/mol. The number of hydrogen-bond donors (Lipinski definition) is 0. The van der Waals surface area contributed by atoms with Crippen molar-refractivity contribution in [1.82, 2.24) is 0 Å². The molecule has 1 heteroatoms. The van der Waals surface area contributed by atoms with Crippen LogP contribution in [0.4, 0.5) is 0 Å². The van der Waals surface area contributed by atoms with Crippen LogP contribution in [0.25, 0.3) is 0 Å². The van der Waals surface area contributed by atoms with Gasteiger partial charge in [0, 0.05) is 5.92 Å². The van der Waals surface area contributed by atoms with E-state index in [-0.39, 0.29) is 0 Å². The molecule has 1 nitrogen and oxygen atoms in total. The zero-order valence-corrected chi connectivity index (χ0v) is 8.48. The van der Waals surface area contributed by atoms with E-state index in [4.69, 9.17) is 4.42 Å². The van der Waals surface area contributed by atoms with Gasteiger partial charge in [-0.05, 0) is 31.9 Å². The molecule has 0 aliphatic rings. The molecular weight excluding hydrogens is 148 g/mol. The van der Waals surface area contributed by atoms with Crippen molar-refractivity contribution >= 4 is 0 Å². The van der Waals surface area contributed by atoms with Gasteiger partial charge in [0.05, 0.1) is 0 Å². The van der Waals surface area contributed by atoms with Crippen LogP contribution in [0.1, 0.15) is 49.7 Å². The van der Waals surface area contributed by atoms with Crippen molar-refractivity contribution in [2.75, 3.05) is 0 Å². The molecule has 68 valence electrons. The van der Waals surface area contributed by atoms with Crippen LogP contribution in [0.15, 0.2) is 10.5 Å². The molecule has 0 aliphatic heterocycles. The molecule has 1 aromatic heterocycles. The van der Waals surface area contributed by atoms with Crippen LogP contribution in [0.2, 0.25) is 0 Å². The Morgan fingerprint density at radius 1 is 1.42 bits per heavy atom. The fourth-order valence-electron chi connectivity index (χ4n) is 1.42. The van der Waals surface area contributed by atoms with Crippen LogP contribution < -0.4 is 0 Å². The highest BCUT2D eigenvalue weighted by atomic mass is 16.3. The predicted octanol–water partition coefficient (Wildman–Crippen LogP) is 3.80. The normalized spacial score (nSPS) is 13.3. The van der Waals surface area contributed by atoms with E-state index in [0.29, 0.717) is 5.92 Å². The summed E-state index contributed by atoms with van der Waals surface area (Å²) in [4.78, 5) is 0. The summed E-state index contributed by atoms with van der Waals surface area (Å²) in [5, 5.41) is 0. The molecule has 1 unspecified atom stereocenters. The third-order valence-electron chi connectivity index (χ3n) is 2.39. The lowest BCUT2D eigenvalue weighted by Gasteiger charge is -2.04. The molecule has 12 heavy (non-hydrogen) atoms. The fourth-order valence-corrected chi connectivity index (χ4v) is 1.42. The Bertz CT molecular complexity index is 228. The van der Waals surface area contributed by atoms with Gasteiger partial charge >= 0.3 is 0 Å². The van der Waals surface area contributed by atoms with Crippen molar-refractivity contribution in [3.8, 4) is 0 Å². The molecule has 0 radical (unpaired) electrons. The molecule has 0 aromatic carbocycles. The minimum Gasteiger partial charge on any atom is -0.466 e. The molecule has 1 heterocycles. The van der Waals surface area contributed by atoms with Gasteiger partial charge in [0.2, 0.25) is 0 Å². The molecule has 1 rings (SSSR count). The number of rotatable bonds is 3. The van der Waals surface area contributed by atoms with Gasteiger partial charge in [-0.3, -0.25) is 0 Å². The van der Waals surface area contributed by atoms with Crippen LogP contribution in [0.5, 0.6) is 0 Å². The van der Waals surface area contributed by atoms with E-state index < -0.39 is 0 Å². The van der Waals surface area contributed by atoms with Gasteiger partial charge in [0.15, 0.2) is 0 Å². The largest absolute Gasteiger partial charge is 0.466 e. The first-order valence-electron chi connectivity index (χ1n) is 4.72. The molecule has 0 bridgehead atoms. The highest BCUT2D eigenvalue weighted by Gasteiger charge is 2.10. The van der Waals surface area contributed by atoms with Gasteiger partial charge in [-0.2, -0.15) is 0 Å². The maximum Gasteiger partial charge on any atom is 0.107 e. The highest BCUT2D eigenvalue weighted by molar-refractivity contribution is 5.20. The van der Waals surface area contributed by atoms with Crippen LogP contribution in [-0.2, 0) is 0 Å². The van der Waals surface area contributed by atoms with E-state index >= 15 is 0 Å². The minimum atomic E-state index is 0.572. The Morgan fingerprint density at radius 3 is 2.50 bits per heavy atom. The second kappa shape index (κ2) is 3.79. The van der Waals surface area contributed by atoms with Crippen molar-refractivity contribution in [2.24, 2.45) is 0 Å². The van der Waals surface area contributed by atoms with Crippen LogP contribution in [-0.4, -0.2) is 0 Å². The summed E-state index contributed by atoms with van der Waals surface area (Å²) in [6.07, 6.45) is 2.44. The summed E-state index contributed by atoms with van der Waals surface area (Å²) in [6.45, 7) is 8.55. The lowest BCUT2D eigenvalue weighted by molar-refractivity contribution is 0.440. The summed E-state index contributed by atoms with van der Waals surface area (Å²) < 4.78 is 5.63. The van der Waals surface area contributed by atoms with Gasteiger partial charge in [-0.1, -0.05) is 20.3 Å². The van der Waals surface area contributed by atoms with Crippen molar-refractivity contribution in [3.63, 3.8) is 0 Å². The Labute approximate surface area is 74.8 Å². The zero-order valence-electron chi connectivity index (χ0n) is 8.48. The van der Waals surface area contributed by atoms with Crippen molar-refractivity contribution in [2.45, 2.75) is 46.5 Å². The maximum absolute atomic E-state index is 5.63. The maximum atomic E-state index is 5.63. The first kappa shape index (κ1) is 9.37. The second-order valence-corrected chi connectivity index (χ2v) is 3.58. The van der Waals surface area contributed by atoms with Crippen LogP contribution >= 0.6 is 0 Å². The number of aryl methyl sites for hydroxylation is 2. The van der Waals surface area contributed by atoms with Crippen LogP contribution in [0.3, 0.4) is 0 Å². The van der Waals surface area contributed by atoms with Crippen LogP contribution in [0, 0.1) is 13.8 Å². The Morgan fingerprint density at radius 2 is 2.08 bits per heavy atom. The fraction of sp³-hybridized carbons (Fsp3) is 0.636.